The number of halogens is 6. The van der Waals surface area contributed by atoms with Crippen LogP contribution < -0.4 is 9.80 Å². The van der Waals surface area contributed by atoms with Crippen LogP contribution in [0.5, 0.6) is 0 Å². The quantitative estimate of drug-likeness (QED) is 0.185. The van der Waals surface area contributed by atoms with Crippen LogP contribution in [0.15, 0.2) is 48.5 Å². The molecule has 0 bridgehead atoms. The normalized spacial score (nSPS) is 14.8. The number of alkyl halides is 6. The highest BCUT2D eigenvalue weighted by molar-refractivity contribution is 5.82. The summed E-state index contributed by atoms with van der Waals surface area (Å²) in [5.41, 5.74) is -1.38. The van der Waals surface area contributed by atoms with Gasteiger partial charge in [0.1, 0.15) is 5.82 Å². The molecule has 0 N–H and O–H groups in total. The van der Waals surface area contributed by atoms with Crippen LogP contribution in [0.2, 0.25) is 0 Å². The monoisotopic (exact) mass is 605 g/mol. The van der Waals surface area contributed by atoms with Crippen LogP contribution >= 0.6 is 0 Å². The summed E-state index contributed by atoms with van der Waals surface area (Å²) >= 11 is 0. The van der Waals surface area contributed by atoms with E-state index in [1.165, 1.54) is 36.0 Å². The molecule has 0 amide bonds. The van der Waals surface area contributed by atoms with Crippen LogP contribution in [0.1, 0.15) is 61.3 Å². The molecule has 4 aromatic rings. The molecule has 43 heavy (non-hydrogen) atoms. The topological polar surface area (TPSA) is 63.0 Å². The smallest absolute Gasteiger partial charge is 0.356 e. The van der Waals surface area contributed by atoms with Crippen molar-refractivity contribution in [2.75, 3.05) is 22.9 Å². The molecular formula is C30H33F6N7. The highest BCUT2D eigenvalue weighted by Crippen LogP contribution is 2.37. The van der Waals surface area contributed by atoms with E-state index in [1.807, 2.05) is 37.3 Å². The van der Waals surface area contributed by atoms with E-state index >= 15 is 0 Å². The number of para-hydroxylation sites is 1. The average Bonchev–Trinajstić information content (AvgIpc) is 3.41. The van der Waals surface area contributed by atoms with Crippen LogP contribution in [-0.4, -0.2) is 38.3 Å². The second kappa shape index (κ2) is 12.4. The molecule has 0 aliphatic heterocycles. The third kappa shape index (κ3) is 7.37. The summed E-state index contributed by atoms with van der Waals surface area (Å²) in [6, 6.07) is 11.2. The van der Waals surface area contributed by atoms with Crippen molar-refractivity contribution >= 4 is 22.7 Å². The summed E-state index contributed by atoms with van der Waals surface area (Å²) in [7, 11) is 1.53. The summed E-state index contributed by atoms with van der Waals surface area (Å²) in [4.78, 5) is 9.94. The maximum absolute atomic E-state index is 13.6. The minimum atomic E-state index is -4.96. The molecule has 0 saturated heterocycles. The highest BCUT2D eigenvalue weighted by atomic mass is 19.4. The average molecular weight is 606 g/mol. The van der Waals surface area contributed by atoms with E-state index in [-0.39, 0.29) is 30.7 Å². The number of fused-ring (bicyclic) bond motifs is 1. The van der Waals surface area contributed by atoms with E-state index in [0.29, 0.717) is 12.5 Å². The van der Waals surface area contributed by atoms with Crippen molar-refractivity contribution < 1.29 is 26.3 Å². The van der Waals surface area contributed by atoms with Gasteiger partial charge in [-0.1, -0.05) is 42.6 Å². The predicted octanol–water partition coefficient (Wildman–Crippen LogP) is 7.41. The predicted molar refractivity (Wildman–Crippen MR) is 151 cm³/mol. The summed E-state index contributed by atoms with van der Waals surface area (Å²) in [6.45, 7) is 3.30. The Balaban J connectivity index is 1.57. The van der Waals surface area contributed by atoms with Crippen molar-refractivity contribution in [1.82, 2.24) is 25.2 Å². The number of hydrogen-bond donors (Lipinski definition) is 0. The lowest BCUT2D eigenvalue weighted by molar-refractivity contribution is -0.143. The van der Waals surface area contributed by atoms with Gasteiger partial charge in [0, 0.05) is 37.1 Å². The number of pyridine rings is 1. The molecule has 1 fully saturated rings. The maximum Gasteiger partial charge on any atom is 0.416 e. The molecule has 230 valence electrons. The number of aryl methyl sites for hydroxylation is 1. The Morgan fingerprint density at radius 3 is 2.14 bits per heavy atom. The number of anilines is 2. The van der Waals surface area contributed by atoms with Crippen molar-refractivity contribution in [3.63, 3.8) is 0 Å². The third-order valence-electron chi connectivity index (χ3n) is 7.83. The minimum Gasteiger partial charge on any atom is -0.356 e. The van der Waals surface area contributed by atoms with Crippen LogP contribution in [0, 0.1) is 5.92 Å². The molecular weight excluding hydrogens is 572 g/mol. The fourth-order valence-corrected chi connectivity index (χ4v) is 5.72. The third-order valence-corrected chi connectivity index (χ3v) is 7.83. The Bertz CT molecular complexity index is 1510. The lowest BCUT2D eigenvalue weighted by Gasteiger charge is -2.32. The molecule has 2 aromatic heterocycles. The zero-order valence-corrected chi connectivity index (χ0v) is 24.0. The molecule has 0 atom stereocenters. The zero-order chi connectivity index (χ0) is 30.8. The summed E-state index contributed by atoms with van der Waals surface area (Å²) < 4.78 is 81.8. The molecule has 0 radical (unpaired) electrons. The van der Waals surface area contributed by atoms with Crippen LogP contribution in [0.4, 0.5) is 38.1 Å². The minimum absolute atomic E-state index is 0.0721. The van der Waals surface area contributed by atoms with E-state index in [0.717, 1.165) is 53.8 Å². The standard InChI is InChI=1S/C30H33F6N7/c1-3-42(17-20-9-5-4-6-10-20)27-23(15-22-11-7-8-12-26(22)37-27)19-43(28-38-40-41(2)39-28)18-21-13-24(29(31,32)33)16-25(14-21)30(34,35)36/h7-8,11-16,20H,3-6,9-10,17-19H2,1-2H3. The van der Waals surface area contributed by atoms with Crippen molar-refractivity contribution in [3.8, 4) is 0 Å². The molecule has 0 spiro atoms. The fraction of sp³-hybridized carbons (Fsp3) is 0.467. The first kappa shape index (κ1) is 30.6. The van der Waals surface area contributed by atoms with Gasteiger partial charge in [-0.25, -0.2) is 4.98 Å². The lowest BCUT2D eigenvalue weighted by Crippen LogP contribution is -2.33. The number of nitrogens with zero attached hydrogens (tertiary/aromatic N) is 7. The van der Waals surface area contributed by atoms with Crippen LogP contribution in [0.3, 0.4) is 0 Å². The van der Waals surface area contributed by atoms with Gasteiger partial charge in [-0.15, -0.1) is 5.10 Å². The fourth-order valence-electron chi connectivity index (χ4n) is 5.72. The van der Waals surface area contributed by atoms with Gasteiger partial charge < -0.3 is 9.80 Å². The molecule has 1 aliphatic carbocycles. The lowest BCUT2D eigenvalue weighted by atomic mass is 9.89. The SMILES string of the molecule is CCN(CC1CCCCC1)c1nc2ccccc2cc1CN(Cc1cc(C(F)(F)F)cc(C(F)(F)F)c1)c1nnn(C)n1. The summed E-state index contributed by atoms with van der Waals surface area (Å²) in [6.07, 6.45) is -4.05. The number of hydrogen-bond acceptors (Lipinski definition) is 6. The number of benzene rings is 2. The Labute approximate surface area is 245 Å². The molecule has 0 unspecified atom stereocenters. The van der Waals surface area contributed by atoms with Crippen molar-refractivity contribution in [1.29, 1.82) is 0 Å². The van der Waals surface area contributed by atoms with Crippen molar-refractivity contribution in [2.45, 2.75) is 64.5 Å². The van der Waals surface area contributed by atoms with Gasteiger partial charge in [0.2, 0.25) is 0 Å². The zero-order valence-electron chi connectivity index (χ0n) is 24.0. The highest BCUT2D eigenvalue weighted by Gasteiger charge is 2.37. The molecule has 7 nitrogen and oxygen atoms in total. The first-order chi connectivity index (χ1) is 20.4. The number of rotatable bonds is 9. The second-order valence-corrected chi connectivity index (χ2v) is 11.1. The molecule has 1 aliphatic rings. The maximum atomic E-state index is 13.6. The van der Waals surface area contributed by atoms with E-state index in [9.17, 15) is 26.3 Å². The molecule has 13 heteroatoms. The van der Waals surface area contributed by atoms with Gasteiger partial charge in [-0.2, -0.15) is 31.1 Å². The molecule has 5 rings (SSSR count). The van der Waals surface area contributed by atoms with E-state index in [1.54, 1.807) is 0 Å². The van der Waals surface area contributed by atoms with Crippen molar-refractivity contribution in [3.05, 3.63) is 70.8 Å². The van der Waals surface area contributed by atoms with Gasteiger partial charge in [0.05, 0.1) is 23.7 Å². The van der Waals surface area contributed by atoms with Gasteiger partial charge in [-0.05, 0) is 66.8 Å². The van der Waals surface area contributed by atoms with Crippen molar-refractivity contribution in [2.24, 2.45) is 13.0 Å². The van der Waals surface area contributed by atoms with Gasteiger partial charge in [0.15, 0.2) is 0 Å². The van der Waals surface area contributed by atoms with E-state index in [2.05, 4.69) is 20.3 Å². The Morgan fingerprint density at radius 1 is 0.860 bits per heavy atom. The first-order valence-electron chi connectivity index (χ1n) is 14.3. The van der Waals surface area contributed by atoms with Crippen LogP contribution in [-0.2, 0) is 32.5 Å². The van der Waals surface area contributed by atoms with Gasteiger partial charge >= 0.3 is 12.4 Å². The Hall–Kier alpha value is -3.90. The van der Waals surface area contributed by atoms with Crippen LogP contribution in [0.25, 0.3) is 10.9 Å². The summed E-state index contributed by atoms with van der Waals surface area (Å²) in [5.74, 6) is 1.31. The molecule has 2 aromatic carbocycles. The van der Waals surface area contributed by atoms with Gasteiger partial charge in [0.25, 0.3) is 5.95 Å². The first-order valence-corrected chi connectivity index (χ1v) is 14.3. The number of tetrazole rings is 1. The molecule has 1 saturated carbocycles. The molecule has 2 heterocycles. The van der Waals surface area contributed by atoms with Gasteiger partial charge in [-0.3, -0.25) is 0 Å². The van der Waals surface area contributed by atoms with E-state index in [4.69, 9.17) is 4.98 Å². The largest absolute Gasteiger partial charge is 0.416 e. The second-order valence-electron chi connectivity index (χ2n) is 11.1. The Morgan fingerprint density at radius 2 is 1.53 bits per heavy atom. The van der Waals surface area contributed by atoms with E-state index < -0.39 is 23.5 Å². The summed E-state index contributed by atoms with van der Waals surface area (Å²) in [5, 5.41) is 13.0. The Kier molecular flexibility index (Phi) is 8.79. The number of aromatic nitrogens is 5.